The van der Waals surface area contributed by atoms with E-state index in [1.165, 1.54) is 71.3 Å². The predicted octanol–water partition coefficient (Wildman–Crippen LogP) is 6.87. The van der Waals surface area contributed by atoms with Gasteiger partial charge in [-0.1, -0.05) is 47.0 Å². The van der Waals surface area contributed by atoms with Gasteiger partial charge in [0.1, 0.15) is 0 Å². The monoisotopic (exact) mass is 388 g/mol. The first-order valence-electron chi connectivity index (χ1n) is 12.4. The largest absolute Gasteiger partial charge is 0.469 e. The van der Waals surface area contributed by atoms with Crippen molar-refractivity contribution in [2.75, 3.05) is 7.11 Å². The molecular weight excluding hydrogens is 344 g/mol. The molecule has 0 N–H and O–H groups in total. The maximum Gasteiger partial charge on any atom is 0.305 e. The Bertz CT molecular complexity index is 585. The number of hydrogen-bond donors (Lipinski definition) is 0. The van der Waals surface area contributed by atoms with Gasteiger partial charge in [-0.3, -0.25) is 4.79 Å². The van der Waals surface area contributed by atoms with Gasteiger partial charge in [0.05, 0.1) is 7.11 Å². The van der Waals surface area contributed by atoms with Crippen LogP contribution in [0, 0.1) is 52.3 Å². The zero-order chi connectivity index (χ0) is 20.1. The number of methoxy groups -OCH3 is 1. The molecule has 4 fully saturated rings. The molecule has 0 saturated heterocycles. The molecule has 0 aliphatic heterocycles. The lowest BCUT2D eigenvalue weighted by Crippen LogP contribution is -2.55. The molecule has 0 radical (unpaired) electrons. The van der Waals surface area contributed by atoms with Gasteiger partial charge in [0.2, 0.25) is 0 Å². The fourth-order valence-electron chi connectivity index (χ4n) is 9.48. The Labute approximate surface area is 173 Å². The minimum Gasteiger partial charge on any atom is -0.469 e. The maximum atomic E-state index is 11.9. The fraction of sp³-hybridized carbons (Fsp3) is 0.962. The Kier molecular flexibility index (Phi) is 5.64. The number of carbonyl (C=O) groups excluding carboxylic acids is 1. The lowest BCUT2D eigenvalue weighted by molar-refractivity contribution is -0.145. The van der Waals surface area contributed by atoms with Gasteiger partial charge in [-0.15, -0.1) is 0 Å². The molecule has 2 nitrogen and oxygen atoms in total. The van der Waals surface area contributed by atoms with E-state index in [2.05, 4.69) is 27.7 Å². The summed E-state index contributed by atoms with van der Waals surface area (Å²) in [6, 6.07) is 0. The second-order valence-corrected chi connectivity index (χ2v) is 11.6. The van der Waals surface area contributed by atoms with Crippen molar-refractivity contribution in [3.05, 3.63) is 0 Å². The van der Waals surface area contributed by atoms with Gasteiger partial charge < -0.3 is 4.74 Å². The minimum absolute atomic E-state index is 0.0190. The average molecular weight is 389 g/mol. The normalized spacial score (nSPS) is 48.9. The van der Waals surface area contributed by atoms with Crippen LogP contribution in [0.2, 0.25) is 0 Å². The van der Waals surface area contributed by atoms with E-state index in [0.29, 0.717) is 29.1 Å². The summed E-state index contributed by atoms with van der Waals surface area (Å²) in [5, 5.41) is 0. The Balaban J connectivity index is 1.58. The first-order valence-corrected chi connectivity index (χ1v) is 12.4. The third kappa shape index (κ3) is 3.07. The van der Waals surface area contributed by atoms with Crippen LogP contribution in [0.5, 0.6) is 0 Å². The molecular formula is C26H44O2. The topological polar surface area (TPSA) is 26.3 Å². The van der Waals surface area contributed by atoms with Crippen molar-refractivity contribution in [3.8, 4) is 0 Å². The molecule has 4 saturated carbocycles. The lowest BCUT2D eigenvalue weighted by Gasteiger charge is -2.63. The zero-order valence-corrected chi connectivity index (χ0v) is 19.1. The van der Waals surface area contributed by atoms with Crippen molar-refractivity contribution in [3.63, 3.8) is 0 Å². The van der Waals surface area contributed by atoms with Crippen molar-refractivity contribution >= 4 is 5.97 Å². The van der Waals surface area contributed by atoms with Crippen LogP contribution in [-0.2, 0) is 9.53 Å². The van der Waals surface area contributed by atoms with Crippen molar-refractivity contribution in [1.82, 2.24) is 0 Å². The third-order valence-electron chi connectivity index (χ3n) is 10.8. The zero-order valence-electron chi connectivity index (χ0n) is 19.1. The average Bonchev–Trinajstić information content (AvgIpc) is 3.04. The number of hydrogen-bond acceptors (Lipinski definition) is 2. The Morgan fingerprint density at radius 2 is 1.75 bits per heavy atom. The van der Waals surface area contributed by atoms with Crippen molar-refractivity contribution in [2.24, 2.45) is 52.3 Å². The standard InChI is InChI=1S/C26H44O2/c1-6-18-16-19-22-11-10-20(17(2)15-24(27)28-5)26(22,4)14-12-23(19)25(3)13-8-7-9-21(18)25/h17-23H,6-16H2,1-5H3. The van der Waals surface area contributed by atoms with Crippen LogP contribution in [0.3, 0.4) is 0 Å². The van der Waals surface area contributed by atoms with E-state index in [1.807, 2.05) is 0 Å². The molecule has 0 heterocycles. The van der Waals surface area contributed by atoms with E-state index in [4.69, 9.17) is 4.74 Å². The Morgan fingerprint density at radius 3 is 2.46 bits per heavy atom. The minimum atomic E-state index is -0.0190. The molecule has 0 aromatic carbocycles. The Morgan fingerprint density at radius 1 is 1.00 bits per heavy atom. The molecule has 9 atom stereocenters. The fourth-order valence-corrected chi connectivity index (χ4v) is 9.48. The summed E-state index contributed by atoms with van der Waals surface area (Å²) in [6.07, 6.45) is 15.0. The van der Waals surface area contributed by atoms with Gasteiger partial charge in [0, 0.05) is 6.42 Å². The second-order valence-electron chi connectivity index (χ2n) is 11.6. The molecule has 0 aromatic rings. The smallest absolute Gasteiger partial charge is 0.305 e. The second kappa shape index (κ2) is 7.62. The summed E-state index contributed by atoms with van der Waals surface area (Å²) in [4.78, 5) is 11.9. The molecule has 2 heteroatoms. The summed E-state index contributed by atoms with van der Waals surface area (Å²) >= 11 is 0. The van der Waals surface area contributed by atoms with Gasteiger partial charge in [-0.05, 0) is 97.2 Å². The highest BCUT2D eigenvalue weighted by atomic mass is 16.5. The van der Waals surface area contributed by atoms with Crippen LogP contribution in [0.15, 0.2) is 0 Å². The van der Waals surface area contributed by atoms with Gasteiger partial charge in [-0.25, -0.2) is 0 Å². The van der Waals surface area contributed by atoms with E-state index < -0.39 is 0 Å². The van der Waals surface area contributed by atoms with Crippen molar-refractivity contribution in [1.29, 1.82) is 0 Å². The number of esters is 1. The summed E-state index contributed by atoms with van der Waals surface area (Å²) in [7, 11) is 1.54. The van der Waals surface area contributed by atoms with E-state index in [0.717, 1.165) is 29.6 Å². The molecule has 4 aliphatic rings. The van der Waals surface area contributed by atoms with Gasteiger partial charge in [0.25, 0.3) is 0 Å². The van der Waals surface area contributed by atoms with Gasteiger partial charge in [0.15, 0.2) is 0 Å². The first-order chi connectivity index (χ1) is 13.3. The molecule has 4 aliphatic carbocycles. The van der Waals surface area contributed by atoms with E-state index in [1.54, 1.807) is 0 Å². The van der Waals surface area contributed by atoms with Gasteiger partial charge >= 0.3 is 5.97 Å². The van der Waals surface area contributed by atoms with Crippen LogP contribution in [0.1, 0.15) is 98.3 Å². The Hall–Kier alpha value is -0.530. The summed E-state index contributed by atoms with van der Waals surface area (Å²) < 4.78 is 5.00. The third-order valence-corrected chi connectivity index (χ3v) is 10.8. The van der Waals surface area contributed by atoms with E-state index in [-0.39, 0.29) is 5.97 Å². The molecule has 9 unspecified atom stereocenters. The number of ether oxygens (including phenoxy) is 1. The number of carbonyl (C=O) groups is 1. The molecule has 28 heavy (non-hydrogen) atoms. The van der Waals surface area contributed by atoms with Crippen LogP contribution in [0.25, 0.3) is 0 Å². The van der Waals surface area contributed by atoms with Crippen molar-refractivity contribution in [2.45, 2.75) is 98.3 Å². The SMILES string of the molecule is CCC1CC2C3CCC(C(C)CC(=O)OC)C3(C)CCC2C2(C)CCCCC12. The molecule has 0 aromatic heterocycles. The maximum absolute atomic E-state index is 11.9. The first kappa shape index (κ1) is 20.7. The summed E-state index contributed by atoms with van der Waals surface area (Å²) in [6.45, 7) is 10.1. The highest BCUT2D eigenvalue weighted by Crippen LogP contribution is 2.69. The van der Waals surface area contributed by atoms with Crippen LogP contribution < -0.4 is 0 Å². The molecule has 0 bridgehead atoms. The number of fused-ring (bicyclic) bond motifs is 5. The van der Waals surface area contributed by atoms with Crippen LogP contribution in [-0.4, -0.2) is 13.1 Å². The van der Waals surface area contributed by atoms with Crippen LogP contribution >= 0.6 is 0 Å². The van der Waals surface area contributed by atoms with Gasteiger partial charge in [-0.2, -0.15) is 0 Å². The lowest BCUT2D eigenvalue weighted by atomic mass is 9.42. The van der Waals surface area contributed by atoms with Crippen molar-refractivity contribution < 1.29 is 9.53 Å². The highest BCUT2D eigenvalue weighted by Gasteiger charge is 2.61. The molecule has 0 spiro atoms. The molecule has 160 valence electrons. The predicted molar refractivity (Wildman–Crippen MR) is 115 cm³/mol. The van der Waals surface area contributed by atoms with E-state index in [9.17, 15) is 4.79 Å². The molecule has 0 amide bonds. The summed E-state index contributed by atoms with van der Waals surface area (Å²) in [5.74, 6) is 5.90. The molecule has 4 rings (SSSR count). The summed E-state index contributed by atoms with van der Waals surface area (Å²) in [5.41, 5.74) is 1.06. The highest BCUT2D eigenvalue weighted by molar-refractivity contribution is 5.69. The van der Waals surface area contributed by atoms with Crippen LogP contribution in [0.4, 0.5) is 0 Å². The number of rotatable bonds is 4. The van der Waals surface area contributed by atoms with E-state index >= 15 is 0 Å². The quantitative estimate of drug-likeness (QED) is 0.491.